The van der Waals surface area contributed by atoms with E-state index >= 15 is 0 Å². The smallest absolute Gasteiger partial charge is 0.303 e. The molecule has 2 fully saturated rings. The van der Waals surface area contributed by atoms with Crippen molar-refractivity contribution in [2.45, 2.75) is 52.0 Å². The van der Waals surface area contributed by atoms with Gasteiger partial charge in [-0.2, -0.15) is 0 Å². The van der Waals surface area contributed by atoms with Crippen LogP contribution in [0.25, 0.3) is 0 Å². The predicted molar refractivity (Wildman–Crippen MR) is 171 cm³/mol. The van der Waals surface area contributed by atoms with Crippen molar-refractivity contribution >= 4 is 28.9 Å². The molecule has 2 aliphatic heterocycles. The highest BCUT2D eigenvalue weighted by Crippen LogP contribution is 2.42. The first kappa shape index (κ1) is 33.0. The number of esters is 1. The lowest BCUT2D eigenvalue weighted by Crippen LogP contribution is -2.51. The van der Waals surface area contributed by atoms with Gasteiger partial charge in [0.05, 0.1) is 23.7 Å². The predicted octanol–water partition coefficient (Wildman–Crippen LogP) is 4.59. The summed E-state index contributed by atoms with van der Waals surface area (Å²) in [6.07, 6.45) is -2.14. The second-order valence-corrected chi connectivity index (χ2v) is 11.7. The van der Waals surface area contributed by atoms with Crippen LogP contribution in [0.15, 0.2) is 72.8 Å². The average molecular weight is 633 g/mol. The molecule has 3 aromatic rings. The van der Waals surface area contributed by atoms with Gasteiger partial charge in [0.15, 0.2) is 12.4 Å². The number of carbonyl (C=O) groups is 2. The summed E-state index contributed by atoms with van der Waals surface area (Å²) in [7, 11) is 0. The van der Waals surface area contributed by atoms with E-state index in [1.807, 2.05) is 36.4 Å². The summed E-state index contributed by atoms with van der Waals surface area (Å²) in [6, 6.07) is 21.6. The lowest BCUT2D eigenvalue weighted by Gasteiger charge is -2.44. The Balaban J connectivity index is 1.31. The van der Waals surface area contributed by atoms with Gasteiger partial charge in [-0.25, -0.2) is 0 Å². The van der Waals surface area contributed by atoms with Gasteiger partial charge in [0.1, 0.15) is 0 Å². The van der Waals surface area contributed by atoms with Gasteiger partial charge in [-0.15, -0.1) is 0 Å². The van der Waals surface area contributed by atoms with E-state index in [-0.39, 0.29) is 30.4 Å². The van der Waals surface area contributed by atoms with Gasteiger partial charge in [0.25, 0.3) is 11.6 Å². The van der Waals surface area contributed by atoms with Gasteiger partial charge in [0, 0.05) is 74.6 Å². The van der Waals surface area contributed by atoms with Crippen LogP contribution in [0.2, 0.25) is 0 Å². The van der Waals surface area contributed by atoms with Crippen LogP contribution in [0.3, 0.4) is 0 Å². The molecule has 2 N–H and O–H groups in total. The van der Waals surface area contributed by atoms with Gasteiger partial charge in [-0.05, 0) is 42.3 Å². The first-order valence-electron chi connectivity index (χ1n) is 15.4. The maximum absolute atomic E-state index is 12.6. The van der Waals surface area contributed by atoms with E-state index in [2.05, 4.69) is 22.0 Å². The molecular formula is C34H40N4O8. The Labute approximate surface area is 268 Å². The topological polar surface area (TPSA) is 144 Å². The number of nitrogens with zero attached hydrogens (tertiary/aromatic N) is 3. The molecule has 2 saturated heterocycles. The number of hydrogen-bond donors (Lipinski definition) is 2. The fourth-order valence-corrected chi connectivity index (χ4v) is 5.87. The van der Waals surface area contributed by atoms with E-state index in [1.54, 1.807) is 24.3 Å². The molecule has 3 aromatic carbocycles. The summed E-state index contributed by atoms with van der Waals surface area (Å²) < 4.78 is 18.2. The minimum absolute atomic E-state index is 0.00334. The highest BCUT2D eigenvalue weighted by Gasteiger charge is 2.39. The van der Waals surface area contributed by atoms with Crippen LogP contribution >= 0.6 is 0 Å². The second-order valence-electron chi connectivity index (χ2n) is 11.7. The highest BCUT2D eigenvalue weighted by molar-refractivity contribution is 5.95. The molecule has 0 spiro atoms. The van der Waals surface area contributed by atoms with Crippen LogP contribution in [0.4, 0.5) is 17.1 Å². The van der Waals surface area contributed by atoms with Crippen LogP contribution < -0.4 is 10.2 Å². The number of rotatable bonds is 10. The van der Waals surface area contributed by atoms with Gasteiger partial charge in [0.2, 0.25) is 0 Å². The zero-order valence-electron chi connectivity index (χ0n) is 26.2. The maximum atomic E-state index is 12.6. The zero-order chi connectivity index (χ0) is 32.8. The van der Waals surface area contributed by atoms with Gasteiger partial charge in [-0.3, -0.25) is 24.6 Å². The quantitative estimate of drug-likeness (QED) is 0.185. The number of nitrogens with one attached hydrogen (secondary N) is 1. The number of aliphatic hydroxyl groups excluding tert-OH is 1. The molecule has 12 heteroatoms. The Morgan fingerprint density at radius 2 is 1.72 bits per heavy atom. The molecule has 5 atom stereocenters. The molecule has 0 aliphatic carbocycles. The molecule has 2 heterocycles. The van der Waals surface area contributed by atoms with Crippen molar-refractivity contribution in [2.75, 3.05) is 42.9 Å². The summed E-state index contributed by atoms with van der Waals surface area (Å²) in [4.78, 5) is 39.1. The third kappa shape index (κ3) is 8.07. The molecule has 2 aliphatic rings. The standard InChI is InChI=1S/C34H40N4O8/c1-22-31(20-36-15-17-37(18-16-36)29-11-13-30(14-12-29)38(42)43)45-34(46-32(22)26-9-7-25(21-39)8-10-26)27-5-4-6-28(19-27)35-33(41)23(2)44-24(3)40/h4-14,19,22-23,31-32,34,39H,15-18,20-21H2,1-3H3,(H,35,41). The number of benzene rings is 3. The van der Waals surface area contributed by atoms with Crippen molar-refractivity contribution in [3.63, 3.8) is 0 Å². The van der Waals surface area contributed by atoms with E-state index < -0.39 is 29.2 Å². The molecule has 0 bridgehead atoms. The Hall–Kier alpha value is -4.36. The van der Waals surface area contributed by atoms with E-state index in [0.717, 1.165) is 48.6 Å². The monoisotopic (exact) mass is 632 g/mol. The van der Waals surface area contributed by atoms with Crippen molar-refractivity contribution < 1.29 is 33.8 Å². The fraction of sp³-hybridized carbons (Fsp3) is 0.412. The lowest BCUT2D eigenvalue weighted by molar-refractivity contribution is -0.384. The molecule has 5 unspecified atom stereocenters. The van der Waals surface area contributed by atoms with E-state index in [0.29, 0.717) is 12.2 Å². The molecule has 46 heavy (non-hydrogen) atoms. The number of carbonyl (C=O) groups excluding carboxylic acids is 2. The first-order chi connectivity index (χ1) is 22.1. The Morgan fingerprint density at radius 1 is 1.02 bits per heavy atom. The number of ether oxygens (including phenoxy) is 3. The molecule has 244 valence electrons. The molecule has 0 radical (unpaired) electrons. The molecule has 12 nitrogen and oxygen atoms in total. The Morgan fingerprint density at radius 3 is 2.35 bits per heavy atom. The van der Waals surface area contributed by atoms with Crippen molar-refractivity contribution in [1.82, 2.24) is 4.90 Å². The second kappa shape index (κ2) is 14.8. The van der Waals surface area contributed by atoms with Crippen LogP contribution in [-0.4, -0.2) is 71.7 Å². The van der Waals surface area contributed by atoms with Crippen LogP contribution in [0, 0.1) is 16.0 Å². The van der Waals surface area contributed by atoms with Gasteiger partial charge in [-0.1, -0.05) is 43.3 Å². The fourth-order valence-electron chi connectivity index (χ4n) is 5.87. The summed E-state index contributed by atoms with van der Waals surface area (Å²) >= 11 is 0. The molecule has 1 amide bonds. The van der Waals surface area contributed by atoms with E-state index in [4.69, 9.17) is 14.2 Å². The summed E-state index contributed by atoms with van der Waals surface area (Å²) in [5.74, 6) is -0.984. The summed E-state index contributed by atoms with van der Waals surface area (Å²) in [5, 5.41) is 23.4. The van der Waals surface area contributed by atoms with Gasteiger partial charge < -0.3 is 29.5 Å². The third-order valence-corrected chi connectivity index (χ3v) is 8.50. The lowest BCUT2D eigenvalue weighted by atomic mass is 9.90. The van der Waals surface area contributed by atoms with Crippen LogP contribution in [0.1, 0.15) is 49.9 Å². The van der Waals surface area contributed by atoms with E-state index in [9.17, 15) is 24.8 Å². The van der Waals surface area contributed by atoms with Crippen molar-refractivity contribution in [2.24, 2.45) is 5.92 Å². The number of aliphatic hydroxyl groups is 1. The molecular weight excluding hydrogens is 592 g/mol. The zero-order valence-corrected chi connectivity index (χ0v) is 26.2. The number of hydrogen-bond acceptors (Lipinski definition) is 10. The van der Waals surface area contributed by atoms with Crippen molar-refractivity contribution in [3.8, 4) is 0 Å². The van der Waals surface area contributed by atoms with Crippen LogP contribution in [0.5, 0.6) is 0 Å². The Bertz CT molecular complexity index is 1510. The molecule has 0 aromatic heterocycles. The number of nitro benzene ring substituents is 1. The summed E-state index contributed by atoms with van der Waals surface area (Å²) in [6.45, 7) is 8.67. The normalized spacial score (nSPS) is 22.6. The molecule has 5 rings (SSSR count). The average Bonchev–Trinajstić information content (AvgIpc) is 3.06. The first-order valence-corrected chi connectivity index (χ1v) is 15.4. The minimum Gasteiger partial charge on any atom is -0.453 e. The number of amides is 1. The van der Waals surface area contributed by atoms with Crippen LogP contribution in [-0.2, 0) is 30.4 Å². The number of anilines is 2. The highest BCUT2D eigenvalue weighted by atomic mass is 16.7. The minimum atomic E-state index is -0.944. The number of non-ortho nitro benzene ring substituents is 1. The maximum Gasteiger partial charge on any atom is 0.303 e. The largest absolute Gasteiger partial charge is 0.453 e. The Kier molecular flexibility index (Phi) is 10.6. The van der Waals surface area contributed by atoms with Gasteiger partial charge >= 0.3 is 5.97 Å². The SMILES string of the molecule is CC(=O)OC(C)C(=O)Nc1cccc(C2OC(CN3CCN(c4ccc([N+](=O)[O-])cc4)CC3)C(C)C(c3ccc(CO)cc3)O2)c1. The van der Waals surface area contributed by atoms with Crippen molar-refractivity contribution in [1.29, 1.82) is 0 Å². The number of piperazine rings is 1. The number of nitro groups is 1. The molecule has 0 saturated carbocycles. The van der Waals surface area contributed by atoms with E-state index in [1.165, 1.54) is 26.0 Å². The van der Waals surface area contributed by atoms with Crippen molar-refractivity contribution in [3.05, 3.63) is 99.6 Å². The third-order valence-electron chi connectivity index (χ3n) is 8.50. The summed E-state index contributed by atoms with van der Waals surface area (Å²) in [5.41, 5.74) is 4.08.